The molecular weight excluding hydrogens is 335 g/mol. The minimum Gasteiger partial charge on any atom is -0.449 e. The van der Waals surface area contributed by atoms with Crippen molar-refractivity contribution in [2.45, 2.75) is 13.0 Å². The van der Waals surface area contributed by atoms with Crippen LogP contribution in [-0.2, 0) is 14.3 Å². The van der Waals surface area contributed by atoms with Gasteiger partial charge in [-0.2, -0.15) is 0 Å². The summed E-state index contributed by atoms with van der Waals surface area (Å²) in [5, 5.41) is 2.19. The Kier molecular flexibility index (Phi) is 5.94. The summed E-state index contributed by atoms with van der Waals surface area (Å²) in [6.07, 6.45) is 1.15. The number of halogens is 3. The Bertz CT molecular complexity index is 821. The number of benzene rings is 2. The molecule has 0 aliphatic rings. The van der Waals surface area contributed by atoms with Crippen molar-refractivity contribution >= 4 is 23.6 Å². The predicted octanol–water partition coefficient (Wildman–Crippen LogP) is 3.69. The van der Waals surface area contributed by atoms with Gasteiger partial charge >= 0.3 is 5.97 Å². The zero-order chi connectivity index (χ0) is 18.4. The maximum absolute atomic E-state index is 13.5. The summed E-state index contributed by atoms with van der Waals surface area (Å²) in [6, 6.07) is 8.20. The average Bonchev–Trinajstić information content (AvgIpc) is 2.55. The molecule has 1 atom stereocenters. The quantitative estimate of drug-likeness (QED) is 0.662. The molecule has 0 bridgehead atoms. The van der Waals surface area contributed by atoms with E-state index in [1.54, 1.807) is 6.07 Å². The fourth-order valence-corrected chi connectivity index (χ4v) is 1.87. The molecule has 2 aromatic rings. The first-order valence-electron chi connectivity index (χ1n) is 7.25. The van der Waals surface area contributed by atoms with Crippen molar-refractivity contribution in [1.82, 2.24) is 0 Å². The van der Waals surface area contributed by atoms with Gasteiger partial charge in [-0.25, -0.2) is 18.0 Å². The van der Waals surface area contributed by atoms with E-state index in [9.17, 15) is 22.8 Å². The zero-order valence-electron chi connectivity index (χ0n) is 13.1. The maximum atomic E-state index is 13.5. The van der Waals surface area contributed by atoms with Gasteiger partial charge in [-0.15, -0.1) is 0 Å². The van der Waals surface area contributed by atoms with E-state index < -0.39 is 35.4 Å². The van der Waals surface area contributed by atoms with Crippen molar-refractivity contribution < 1.29 is 27.5 Å². The van der Waals surface area contributed by atoms with Crippen LogP contribution >= 0.6 is 0 Å². The van der Waals surface area contributed by atoms with Crippen LogP contribution in [0.25, 0.3) is 6.08 Å². The Balaban J connectivity index is 1.92. The van der Waals surface area contributed by atoms with Gasteiger partial charge in [0.05, 0.1) is 5.69 Å². The van der Waals surface area contributed by atoms with Crippen LogP contribution < -0.4 is 5.32 Å². The lowest BCUT2D eigenvalue weighted by molar-refractivity contribution is -0.148. The Morgan fingerprint density at radius 3 is 2.48 bits per heavy atom. The van der Waals surface area contributed by atoms with Crippen molar-refractivity contribution in [2.24, 2.45) is 0 Å². The summed E-state index contributed by atoms with van der Waals surface area (Å²) in [5.74, 6) is -3.79. The Morgan fingerprint density at radius 2 is 1.80 bits per heavy atom. The first-order chi connectivity index (χ1) is 11.8. The van der Waals surface area contributed by atoms with Crippen LogP contribution in [0.4, 0.5) is 18.9 Å². The fourth-order valence-electron chi connectivity index (χ4n) is 1.87. The molecule has 25 heavy (non-hydrogen) atoms. The lowest BCUT2D eigenvalue weighted by atomic mass is 10.2. The van der Waals surface area contributed by atoms with Crippen LogP contribution in [-0.4, -0.2) is 18.0 Å². The third-order valence-corrected chi connectivity index (χ3v) is 3.11. The Hall–Kier alpha value is -3.09. The Morgan fingerprint density at radius 1 is 1.08 bits per heavy atom. The van der Waals surface area contributed by atoms with Crippen LogP contribution in [0.5, 0.6) is 0 Å². The van der Waals surface area contributed by atoms with Gasteiger partial charge in [0.15, 0.2) is 6.10 Å². The number of amides is 1. The molecule has 2 aromatic carbocycles. The van der Waals surface area contributed by atoms with E-state index in [1.165, 1.54) is 31.2 Å². The van der Waals surface area contributed by atoms with Crippen molar-refractivity contribution in [1.29, 1.82) is 0 Å². The number of ether oxygens (including phenoxy) is 1. The molecule has 0 radical (unpaired) electrons. The standard InChI is InChI=1S/C18H14F3NO3/c1-11(18(24)22-16-7-6-14(20)10-15(16)21)25-17(23)8-5-12-3-2-4-13(19)9-12/h2-11H,1H3,(H,22,24)/b8-5+. The number of anilines is 1. The minimum absolute atomic E-state index is 0.232. The van der Waals surface area contributed by atoms with Crippen molar-refractivity contribution in [3.8, 4) is 0 Å². The van der Waals surface area contributed by atoms with Gasteiger partial charge in [0.1, 0.15) is 17.5 Å². The van der Waals surface area contributed by atoms with Crippen molar-refractivity contribution in [2.75, 3.05) is 5.32 Å². The van der Waals surface area contributed by atoms with Gasteiger partial charge < -0.3 is 10.1 Å². The highest BCUT2D eigenvalue weighted by molar-refractivity contribution is 5.96. The summed E-state index contributed by atoms with van der Waals surface area (Å²) < 4.78 is 44.2. The molecule has 4 nitrogen and oxygen atoms in total. The average molecular weight is 349 g/mol. The number of esters is 1. The minimum atomic E-state index is -1.21. The highest BCUT2D eigenvalue weighted by Gasteiger charge is 2.18. The van der Waals surface area contributed by atoms with E-state index in [0.29, 0.717) is 11.6 Å². The van der Waals surface area contributed by atoms with Gasteiger partial charge in [-0.05, 0) is 42.8 Å². The molecule has 1 amide bonds. The number of rotatable bonds is 5. The van der Waals surface area contributed by atoms with Crippen molar-refractivity contribution in [3.63, 3.8) is 0 Å². The van der Waals surface area contributed by atoms with E-state index in [0.717, 1.165) is 18.2 Å². The molecular formula is C18H14F3NO3. The lowest BCUT2D eigenvalue weighted by Gasteiger charge is -2.12. The van der Waals surface area contributed by atoms with Crippen LogP contribution in [0, 0.1) is 17.5 Å². The van der Waals surface area contributed by atoms with E-state index in [-0.39, 0.29) is 5.69 Å². The molecule has 0 saturated heterocycles. The largest absolute Gasteiger partial charge is 0.449 e. The molecule has 0 aliphatic heterocycles. The zero-order valence-corrected chi connectivity index (χ0v) is 13.1. The molecule has 1 unspecified atom stereocenters. The summed E-state index contributed by atoms with van der Waals surface area (Å²) in [6.45, 7) is 1.30. The van der Waals surface area contributed by atoms with Crippen molar-refractivity contribution in [3.05, 3.63) is 71.6 Å². The second kappa shape index (κ2) is 8.14. The van der Waals surface area contributed by atoms with E-state index in [4.69, 9.17) is 4.74 Å². The number of hydrogen-bond acceptors (Lipinski definition) is 3. The SMILES string of the molecule is CC(OC(=O)/C=C/c1cccc(F)c1)C(=O)Nc1ccc(F)cc1F. The van der Waals surface area contributed by atoms with Gasteiger partial charge in [0, 0.05) is 12.1 Å². The fraction of sp³-hybridized carbons (Fsp3) is 0.111. The molecule has 0 aromatic heterocycles. The summed E-state index contributed by atoms with van der Waals surface area (Å²) >= 11 is 0. The molecule has 130 valence electrons. The second-order valence-corrected chi connectivity index (χ2v) is 5.08. The number of nitrogens with one attached hydrogen (secondary N) is 1. The third kappa shape index (κ3) is 5.49. The monoisotopic (exact) mass is 349 g/mol. The Labute approximate surface area is 141 Å². The van der Waals surface area contributed by atoms with Crippen LogP contribution in [0.15, 0.2) is 48.5 Å². The lowest BCUT2D eigenvalue weighted by Crippen LogP contribution is -2.29. The number of carbonyl (C=O) groups excluding carboxylic acids is 2. The number of carbonyl (C=O) groups is 2. The van der Waals surface area contributed by atoms with E-state index in [2.05, 4.69) is 5.32 Å². The molecule has 7 heteroatoms. The molecule has 2 rings (SSSR count). The highest BCUT2D eigenvalue weighted by Crippen LogP contribution is 2.15. The van der Waals surface area contributed by atoms with E-state index in [1.807, 2.05) is 0 Å². The second-order valence-electron chi connectivity index (χ2n) is 5.08. The van der Waals surface area contributed by atoms with Gasteiger partial charge in [-0.3, -0.25) is 4.79 Å². The molecule has 0 saturated carbocycles. The summed E-state index contributed by atoms with van der Waals surface area (Å²) in [5.41, 5.74) is 0.215. The predicted molar refractivity (Wildman–Crippen MR) is 86.0 cm³/mol. The highest BCUT2D eigenvalue weighted by atomic mass is 19.1. The molecule has 1 N–H and O–H groups in total. The summed E-state index contributed by atoms with van der Waals surface area (Å²) in [7, 11) is 0. The normalized spacial score (nSPS) is 12.0. The topological polar surface area (TPSA) is 55.4 Å². The van der Waals surface area contributed by atoms with Crippen LogP contribution in [0.3, 0.4) is 0 Å². The molecule has 0 fully saturated rings. The van der Waals surface area contributed by atoms with E-state index >= 15 is 0 Å². The maximum Gasteiger partial charge on any atom is 0.331 e. The first-order valence-corrected chi connectivity index (χ1v) is 7.25. The molecule has 0 heterocycles. The first kappa shape index (κ1) is 18.3. The smallest absolute Gasteiger partial charge is 0.331 e. The third-order valence-electron chi connectivity index (χ3n) is 3.11. The summed E-state index contributed by atoms with van der Waals surface area (Å²) in [4.78, 5) is 23.6. The van der Waals surface area contributed by atoms with Gasteiger partial charge in [-0.1, -0.05) is 12.1 Å². The molecule has 0 spiro atoms. The van der Waals surface area contributed by atoms with Crippen LogP contribution in [0.1, 0.15) is 12.5 Å². The number of hydrogen-bond donors (Lipinski definition) is 1. The van der Waals surface area contributed by atoms with Gasteiger partial charge in [0.25, 0.3) is 5.91 Å². The van der Waals surface area contributed by atoms with Crippen LogP contribution in [0.2, 0.25) is 0 Å². The van der Waals surface area contributed by atoms with Gasteiger partial charge in [0.2, 0.25) is 0 Å². The molecule has 0 aliphatic carbocycles.